The lowest BCUT2D eigenvalue weighted by atomic mass is 9.86. The van der Waals surface area contributed by atoms with E-state index in [0.717, 1.165) is 10.7 Å². The van der Waals surface area contributed by atoms with Crippen LogP contribution in [0.15, 0.2) is 34.6 Å². The number of hydrogen-bond donors (Lipinski definition) is 2. The number of nitrogens with one attached hydrogen (secondary N) is 1. The molecule has 0 radical (unpaired) electrons. The third kappa shape index (κ3) is 3.35. The Hall–Kier alpha value is -2.29. The number of carbonyl (C=O) groups excluding carboxylic acids is 1. The van der Waals surface area contributed by atoms with Crippen LogP contribution in [0.4, 0.5) is 0 Å². The SMILES string of the molecule is C/C=C/c1ccc2n(c1=O)C[C@H]1[C@H](CO)[C@@H](C(=O)NCC)[C@@H]2N1Cc1nccs1. The van der Waals surface area contributed by atoms with Crippen LogP contribution in [0.5, 0.6) is 0 Å². The van der Waals surface area contributed by atoms with Gasteiger partial charge in [0.05, 0.1) is 18.5 Å². The molecule has 2 aliphatic rings. The summed E-state index contributed by atoms with van der Waals surface area (Å²) in [7, 11) is 0. The van der Waals surface area contributed by atoms with Gasteiger partial charge in [-0.05, 0) is 26.0 Å². The van der Waals surface area contributed by atoms with Crippen molar-refractivity contribution in [1.82, 2.24) is 19.8 Å². The maximum Gasteiger partial charge on any atom is 0.258 e. The van der Waals surface area contributed by atoms with Crippen LogP contribution in [0.3, 0.4) is 0 Å². The Labute approximate surface area is 173 Å². The lowest BCUT2D eigenvalue weighted by molar-refractivity contribution is -0.127. The van der Waals surface area contributed by atoms with Crippen LogP contribution < -0.4 is 10.9 Å². The molecule has 2 bridgehead atoms. The number of carbonyl (C=O) groups is 1. The van der Waals surface area contributed by atoms with Crippen molar-refractivity contribution in [3.63, 3.8) is 0 Å². The molecule has 29 heavy (non-hydrogen) atoms. The summed E-state index contributed by atoms with van der Waals surface area (Å²) in [4.78, 5) is 32.7. The number of fused-ring (bicyclic) bond motifs is 4. The second kappa shape index (κ2) is 8.22. The quantitative estimate of drug-likeness (QED) is 0.750. The number of aliphatic hydroxyl groups is 1. The number of allylic oxidation sites excluding steroid dienone is 1. The zero-order valence-electron chi connectivity index (χ0n) is 16.6. The Kier molecular flexibility index (Phi) is 5.67. The van der Waals surface area contributed by atoms with Crippen LogP contribution in [-0.4, -0.2) is 44.7 Å². The number of amides is 1. The Morgan fingerprint density at radius 1 is 1.45 bits per heavy atom. The Morgan fingerprint density at radius 3 is 2.93 bits per heavy atom. The molecule has 0 aromatic carbocycles. The summed E-state index contributed by atoms with van der Waals surface area (Å²) >= 11 is 1.58. The van der Waals surface area contributed by atoms with Gasteiger partial charge >= 0.3 is 0 Å². The van der Waals surface area contributed by atoms with Crippen LogP contribution in [-0.2, 0) is 17.9 Å². The third-order valence-corrected chi connectivity index (χ3v) is 6.77. The topological polar surface area (TPSA) is 87.5 Å². The summed E-state index contributed by atoms with van der Waals surface area (Å²) in [6, 6.07) is 3.41. The summed E-state index contributed by atoms with van der Waals surface area (Å²) in [6.07, 6.45) is 5.44. The lowest BCUT2D eigenvalue weighted by Crippen LogP contribution is -2.46. The molecule has 1 amide bonds. The van der Waals surface area contributed by atoms with Gasteiger partial charge in [-0.15, -0.1) is 11.3 Å². The van der Waals surface area contributed by atoms with Crippen LogP contribution in [0.25, 0.3) is 6.08 Å². The summed E-state index contributed by atoms with van der Waals surface area (Å²) in [5.74, 6) is -0.719. The minimum Gasteiger partial charge on any atom is -0.396 e. The number of thiazole rings is 1. The Balaban J connectivity index is 1.83. The second-order valence-corrected chi connectivity index (χ2v) is 8.49. The molecule has 0 unspecified atom stereocenters. The molecule has 4 atom stereocenters. The average Bonchev–Trinajstić information content (AvgIpc) is 3.29. The number of aliphatic hydroxyl groups excluding tert-OH is 1. The molecule has 8 heteroatoms. The van der Waals surface area contributed by atoms with E-state index in [0.29, 0.717) is 25.2 Å². The smallest absolute Gasteiger partial charge is 0.258 e. The number of hydrogen-bond acceptors (Lipinski definition) is 6. The van der Waals surface area contributed by atoms with Gasteiger partial charge in [0.2, 0.25) is 5.91 Å². The molecular formula is C21H26N4O3S. The van der Waals surface area contributed by atoms with E-state index < -0.39 is 5.92 Å². The molecule has 154 valence electrons. The molecule has 1 fully saturated rings. The highest BCUT2D eigenvalue weighted by molar-refractivity contribution is 7.09. The summed E-state index contributed by atoms with van der Waals surface area (Å²) in [5, 5.41) is 16.1. The fourth-order valence-corrected chi connectivity index (χ4v) is 5.47. The van der Waals surface area contributed by atoms with Crippen molar-refractivity contribution in [2.24, 2.45) is 11.8 Å². The van der Waals surface area contributed by atoms with E-state index in [1.807, 2.05) is 43.5 Å². The largest absolute Gasteiger partial charge is 0.396 e. The minimum absolute atomic E-state index is 0.0438. The van der Waals surface area contributed by atoms with E-state index in [1.54, 1.807) is 22.1 Å². The van der Waals surface area contributed by atoms with E-state index in [-0.39, 0.29) is 36.1 Å². The van der Waals surface area contributed by atoms with Crippen LogP contribution in [0.1, 0.15) is 36.2 Å². The van der Waals surface area contributed by atoms with Crippen molar-refractivity contribution in [3.05, 3.63) is 56.4 Å². The first kappa shape index (κ1) is 20.0. The van der Waals surface area contributed by atoms with Crippen LogP contribution >= 0.6 is 11.3 Å². The first-order valence-electron chi connectivity index (χ1n) is 9.99. The van der Waals surface area contributed by atoms with Crippen molar-refractivity contribution in [2.75, 3.05) is 13.2 Å². The second-order valence-electron chi connectivity index (χ2n) is 7.51. The first-order valence-corrected chi connectivity index (χ1v) is 10.9. The number of rotatable bonds is 6. The van der Waals surface area contributed by atoms with Gasteiger partial charge in [0.15, 0.2) is 0 Å². The molecule has 1 saturated heterocycles. The monoisotopic (exact) mass is 414 g/mol. The highest BCUT2D eigenvalue weighted by atomic mass is 32.1. The number of nitrogens with zero attached hydrogens (tertiary/aromatic N) is 3. The van der Waals surface area contributed by atoms with Crippen molar-refractivity contribution in [3.8, 4) is 0 Å². The highest BCUT2D eigenvalue weighted by Gasteiger charge is 2.55. The van der Waals surface area contributed by atoms with E-state index >= 15 is 0 Å². The summed E-state index contributed by atoms with van der Waals surface area (Å²) in [5.41, 5.74) is 1.43. The molecule has 0 saturated carbocycles. The Morgan fingerprint density at radius 2 is 2.28 bits per heavy atom. The molecule has 2 aliphatic heterocycles. The Bertz CT molecular complexity index is 969. The van der Waals surface area contributed by atoms with Crippen LogP contribution in [0.2, 0.25) is 0 Å². The fourth-order valence-electron chi connectivity index (χ4n) is 4.84. The lowest BCUT2D eigenvalue weighted by Gasteiger charge is -2.37. The highest BCUT2D eigenvalue weighted by Crippen LogP contribution is 2.49. The van der Waals surface area contributed by atoms with Gasteiger partial charge in [0.1, 0.15) is 5.01 Å². The number of pyridine rings is 1. The third-order valence-electron chi connectivity index (χ3n) is 6.00. The molecule has 7 nitrogen and oxygen atoms in total. The standard InChI is InChI=1S/C21H26N4O3S/c1-3-5-13-6-7-15-19-18(20(27)22-4-2)14(12-26)16(10-25(15)21(13)28)24(19)11-17-23-8-9-29-17/h3,5-9,14,16,18-19,26H,4,10-12H2,1-2H3,(H,22,27)/b5-3+/t14-,16-,18+,19+/m0/s1. The van der Waals surface area contributed by atoms with Crippen molar-refractivity contribution >= 4 is 23.3 Å². The maximum absolute atomic E-state index is 13.1. The molecule has 0 aliphatic carbocycles. The molecule has 0 spiro atoms. The van der Waals surface area contributed by atoms with Crippen molar-refractivity contribution < 1.29 is 9.90 Å². The zero-order chi connectivity index (χ0) is 20.5. The molecular weight excluding hydrogens is 388 g/mol. The normalized spacial score (nSPS) is 26.0. The van der Waals surface area contributed by atoms with Gasteiger partial charge in [-0.1, -0.05) is 12.2 Å². The molecule has 4 heterocycles. The maximum atomic E-state index is 13.1. The van der Waals surface area contributed by atoms with E-state index in [1.165, 1.54) is 0 Å². The zero-order valence-corrected chi connectivity index (χ0v) is 17.4. The van der Waals surface area contributed by atoms with Gasteiger partial charge in [0.25, 0.3) is 5.56 Å². The van der Waals surface area contributed by atoms with Crippen molar-refractivity contribution in [1.29, 1.82) is 0 Å². The number of aromatic nitrogens is 2. The fraction of sp³-hybridized carbons (Fsp3) is 0.476. The predicted octanol–water partition coefficient (Wildman–Crippen LogP) is 1.64. The average molecular weight is 415 g/mol. The van der Waals surface area contributed by atoms with Gasteiger partial charge in [-0.25, -0.2) is 4.98 Å². The van der Waals surface area contributed by atoms with E-state index in [9.17, 15) is 14.7 Å². The van der Waals surface area contributed by atoms with Crippen molar-refractivity contribution in [2.45, 2.75) is 39.0 Å². The van der Waals surface area contributed by atoms with E-state index in [4.69, 9.17) is 0 Å². The van der Waals surface area contributed by atoms with Gasteiger partial charge in [-0.3, -0.25) is 14.5 Å². The van der Waals surface area contributed by atoms with Gasteiger partial charge in [-0.2, -0.15) is 0 Å². The summed E-state index contributed by atoms with van der Waals surface area (Å²) in [6.45, 7) is 5.27. The van der Waals surface area contributed by atoms with E-state index in [2.05, 4.69) is 15.2 Å². The summed E-state index contributed by atoms with van der Waals surface area (Å²) < 4.78 is 1.80. The molecule has 2 aromatic heterocycles. The molecule has 4 rings (SSSR count). The van der Waals surface area contributed by atoms with Crippen LogP contribution in [0, 0.1) is 11.8 Å². The van der Waals surface area contributed by atoms with Gasteiger partial charge in [0, 0.05) is 54.5 Å². The molecule has 2 aromatic rings. The minimum atomic E-state index is -0.411. The predicted molar refractivity (Wildman–Crippen MR) is 112 cm³/mol. The molecule has 2 N–H and O–H groups in total. The van der Waals surface area contributed by atoms with Gasteiger partial charge < -0.3 is 15.0 Å². The first-order chi connectivity index (χ1) is 14.1.